The highest BCUT2D eigenvalue weighted by Crippen LogP contribution is 2.44. The summed E-state index contributed by atoms with van der Waals surface area (Å²) in [6, 6.07) is 5.95. The van der Waals surface area contributed by atoms with Gasteiger partial charge in [-0.2, -0.15) is 0 Å². The van der Waals surface area contributed by atoms with Crippen LogP contribution in [-0.2, 0) is 10.2 Å². The minimum absolute atomic E-state index is 0.140. The van der Waals surface area contributed by atoms with Crippen LogP contribution in [0.15, 0.2) is 18.2 Å². The van der Waals surface area contributed by atoms with Crippen LogP contribution in [0.1, 0.15) is 33.3 Å². The lowest BCUT2D eigenvalue weighted by Gasteiger charge is -2.25. The molecule has 0 amide bonds. The van der Waals surface area contributed by atoms with Gasteiger partial charge < -0.3 is 14.2 Å². The van der Waals surface area contributed by atoms with Crippen LogP contribution in [-0.4, -0.2) is 19.5 Å². The molecule has 1 heterocycles. The van der Waals surface area contributed by atoms with Gasteiger partial charge in [0.1, 0.15) is 11.5 Å². The van der Waals surface area contributed by atoms with Gasteiger partial charge in [0, 0.05) is 12.2 Å². The van der Waals surface area contributed by atoms with Gasteiger partial charge in [-0.3, -0.25) is 0 Å². The van der Waals surface area contributed by atoms with E-state index in [4.69, 9.17) is 14.2 Å². The highest BCUT2D eigenvalue weighted by molar-refractivity contribution is 5.47. The summed E-state index contributed by atoms with van der Waals surface area (Å²) >= 11 is 0. The van der Waals surface area contributed by atoms with Gasteiger partial charge in [0.15, 0.2) is 0 Å². The van der Waals surface area contributed by atoms with Crippen LogP contribution < -0.4 is 9.47 Å². The lowest BCUT2D eigenvalue weighted by Crippen LogP contribution is -2.34. The molecule has 2 rings (SSSR count). The molecule has 0 N–H and O–H groups in total. The highest BCUT2D eigenvalue weighted by atomic mass is 16.7. The molecular formula is C14H20O3. The SMILES string of the molecule is CCOc1ccc2c(c1)C(C)(C)C(OCC)O2. The fraction of sp³-hybridized carbons (Fsp3) is 0.571. The molecule has 3 nitrogen and oxygen atoms in total. The molecule has 1 aliphatic heterocycles. The van der Waals surface area contributed by atoms with Crippen molar-refractivity contribution in [2.45, 2.75) is 39.4 Å². The van der Waals surface area contributed by atoms with Crippen molar-refractivity contribution in [2.24, 2.45) is 0 Å². The van der Waals surface area contributed by atoms with Crippen molar-refractivity contribution in [1.29, 1.82) is 0 Å². The van der Waals surface area contributed by atoms with E-state index in [1.807, 2.05) is 26.0 Å². The molecular weight excluding hydrogens is 216 g/mol. The van der Waals surface area contributed by atoms with E-state index in [9.17, 15) is 0 Å². The minimum atomic E-state index is -0.209. The Hall–Kier alpha value is -1.22. The molecule has 0 aliphatic carbocycles. The molecule has 0 spiro atoms. The Morgan fingerprint density at radius 2 is 2.00 bits per heavy atom. The molecule has 0 radical (unpaired) electrons. The molecule has 1 unspecified atom stereocenters. The number of rotatable bonds is 4. The van der Waals surface area contributed by atoms with Crippen LogP contribution in [0, 0.1) is 0 Å². The zero-order valence-corrected chi connectivity index (χ0v) is 10.9. The monoisotopic (exact) mass is 236 g/mol. The van der Waals surface area contributed by atoms with Crippen LogP contribution >= 0.6 is 0 Å². The number of fused-ring (bicyclic) bond motifs is 1. The first-order valence-electron chi connectivity index (χ1n) is 6.15. The molecule has 0 saturated heterocycles. The van der Waals surface area contributed by atoms with Gasteiger partial charge >= 0.3 is 0 Å². The third-order valence-corrected chi connectivity index (χ3v) is 3.10. The summed E-state index contributed by atoms with van der Waals surface area (Å²) in [6.45, 7) is 9.56. The summed E-state index contributed by atoms with van der Waals surface area (Å²) < 4.78 is 17.0. The average molecular weight is 236 g/mol. The van der Waals surface area contributed by atoms with Gasteiger partial charge in [0.25, 0.3) is 0 Å². The fourth-order valence-corrected chi connectivity index (χ4v) is 2.16. The van der Waals surface area contributed by atoms with E-state index >= 15 is 0 Å². The largest absolute Gasteiger partial charge is 0.494 e. The average Bonchev–Trinajstić information content (AvgIpc) is 2.53. The number of benzene rings is 1. The Morgan fingerprint density at radius 1 is 1.24 bits per heavy atom. The second-order valence-electron chi connectivity index (χ2n) is 4.72. The Morgan fingerprint density at radius 3 is 2.65 bits per heavy atom. The normalized spacial score (nSPS) is 20.8. The zero-order chi connectivity index (χ0) is 12.5. The van der Waals surface area contributed by atoms with Crippen molar-refractivity contribution < 1.29 is 14.2 Å². The van der Waals surface area contributed by atoms with Crippen LogP contribution in [0.5, 0.6) is 11.5 Å². The third-order valence-electron chi connectivity index (χ3n) is 3.10. The molecule has 1 aliphatic rings. The maximum absolute atomic E-state index is 5.82. The van der Waals surface area contributed by atoms with E-state index < -0.39 is 0 Å². The van der Waals surface area contributed by atoms with Crippen molar-refractivity contribution in [3.05, 3.63) is 23.8 Å². The minimum Gasteiger partial charge on any atom is -0.494 e. The lowest BCUT2D eigenvalue weighted by molar-refractivity contribution is -0.0981. The number of hydrogen-bond donors (Lipinski definition) is 0. The van der Waals surface area contributed by atoms with E-state index in [1.165, 1.54) is 0 Å². The van der Waals surface area contributed by atoms with Crippen molar-refractivity contribution >= 4 is 0 Å². The molecule has 3 heteroatoms. The van der Waals surface area contributed by atoms with E-state index in [0.29, 0.717) is 13.2 Å². The zero-order valence-electron chi connectivity index (χ0n) is 10.9. The quantitative estimate of drug-likeness (QED) is 0.804. The molecule has 94 valence electrons. The molecule has 0 saturated carbocycles. The summed E-state index contributed by atoms with van der Waals surface area (Å²) in [4.78, 5) is 0. The van der Waals surface area contributed by atoms with E-state index in [-0.39, 0.29) is 11.7 Å². The van der Waals surface area contributed by atoms with Gasteiger partial charge in [0.2, 0.25) is 6.29 Å². The van der Waals surface area contributed by atoms with Gasteiger partial charge in [-0.25, -0.2) is 0 Å². The standard InChI is InChI=1S/C14H20O3/c1-5-15-10-7-8-12-11(9-10)14(3,4)13(17-12)16-6-2/h7-9,13H,5-6H2,1-4H3. The Labute approximate surface area is 103 Å². The van der Waals surface area contributed by atoms with Gasteiger partial charge in [0.05, 0.1) is 12.0 Å². The van der Waals surface area contributed by atoms with Crippen LogP contribution in [0.2, 0.25) is 0 Å². The molecule has 1 aromatic rings. The summed E-state index contributed by atoms with van der Waals surface area (Å²) in [5, 5.41) is 0. The summed E-state index contributed by atoms with van der Waals surface area (Å²) in [5.41, 5.74) is 1.01. The van der Waals surface area contributed by atoms with Crippen LogP contribution in [0.3, 0.4) is 0 Å². The van der Waals surface area contributed by atoms with Crippen molar-refractivity contribution in [2.75, 3.05) is 13.2 Å². The van der Waals surface area contributed by atoms with Crippen LogP contribution in [0.4, 0.5) is 0 Å². The highest BCUT2D eigenvalue weighted by Gasteiger charge is 2.42. The molecule has 0 aromatic heterocycles. The predicted octanol–water partition coefficient (Wildman–Crippen LogP) is 3.12. The second kappa shape index (κ2) is 4.57. The molecule has 0 fully saturated rings. The summed E-state index contributed by atoms with van der Waals surface area (Å²) in [5.74, 6) is 1.79. The molecule has 1 aromatic carbocycles. The topological polar surface area (TPSA) is 27.7 Å². The maximum atomic E-state index is 5.82. The van der Waals surface area contributed by atoms with Crippen molar-refractivity contribution in [1.82, 2.24) is 0 Å². The Balaban J connectivity index is 2.31. The van der Waals surface area contributed by atoms with Crippen LogP contribution in [0.25, 0.3) is 0 Å². The van der Waals surface area contributed by atoms with Crippen molar-refractivity contribution in [3.63, 3.8) is 0 Å². The number of hydrogen-bond acceptors (Lipinski definition) is 3. The molecule has 17 heavy (non-hydrogen) atoms. The van der Waals surface area contributed by atoms with E-state index in [1.54, 1.807) is 0 Å². The summed E-state index contributed by atoms with van der Waals surface area (Å²) in [6.07, 6.45) is -0.209. The fourth-order valence-electron chi connectivity index (χ4n) is 2.16. The first kappa shape index (κ1) is 12.2. The van der Waals surface area contributed by atoms with Gasteiger partial charge in [-0.05, 0) is 45.9 Å². The first-order valence-corrected chi connectivity index (χ1v) is 6.15. The number of ether oxygens (including phenoxy) is 3. The molecule has 1 atom stereocenters. The van der Waals surface area contributed by atoms with E-state index in [0.717, 1.165) is 17.1 Å². The van der Waals surface area contributed by atoms with Gasteiger partial charge in [-0.1, -0.05) is 0 Å². The summed E-state index contributed by atoms with van der Waals surface area (Å²) in [7, 11) is 0. The Kier molecular flexibility index (Phi) is 3.29. The predicted molar refractivity (Wildman–Crippen MR) is 66.7 cm³/mol. The second-order valence-corrected chi connectivity index (χ2v) is 4.72. The maximum Gasteiger partial charge on any atom is 0.209 e. The van der Waals surface area contributed by atoms with Gasteiger partial charge in [-0.15, -0.1) is 0 Å². The smallest absolute Gasteiger partial charge is 0.209 e. The lowest BCUT2D eigenvalue weighted by atomic mass is 9.85. The third kappa shape index (κ3) is 2.12. The first-order chi connectivity index (χ1) is 8.09. The molecule has 0 bridgehead atoms. The Bertz CT molecular complexity index is 398. The van der Waals surface area contributed by atoms with Crippen molar-refractivity contribution in [3.8, 4) is 11.5 Å². The van der Waals surface area contributed by atoms with E-state index in [2.05, 4.69) is 19.9 Å².